The van der Waals surface area contributed by atoms with Crippen LogP contribution in [-0.2, 0) is 13.6 Å². The normalized spacial score (nSPS) is 13.7. The van der Waals surface area contributed by atoms with Gasteiger partial charge in [-0.2, -0.15) is 0 Å². The first-order chi connectivity index (χ1) is 16.6. The summed E-state index contributed by atoms with van der Waals surface area (Å²) in [6, 6.07) is 0. The largest absolute Gasteiger partial charge is 0.756 e. The Hall–Kier alpha value is 0.0300. The number of quaternary nitrogens is 2. The number of phosphoric acid groups is 1. The van der Waals surface area contributed by atoms with Crippen LogP contribution < -0.4 is 4.89 Å². The fourth-order valence-corrected chi connectivity index (χ4v) is 2.49. The maximum absolute atomic E-state index is 10.7. The SMILES string of the molecule is CCC(C)(C)C.CCC(C)(C)CC(C)(C)C.CCCC.CC[N+](C)(C)C.CC[N+](C)(C)COP(=O)([O-])OC. The number of hydrogen-bond donors (Lipinski definition) is 0. The molecule has 0 heterocycles. The van der Waals surface area contributed by atoms with Crippen LogP contribution in [0.5, 0.6) is 0 Å². The molecule has 0 aromatic heterocycles. The van der Waals surface area contributed by atoms with Crippen LogP contribution in [0.25, 0.3) is 0 Å². The van der Waals surface area contributed by atoms with Crippen LogP contribution in [0.4, 0.5) is 0 Å². The van der Waals surface area contributed by atoms with Crippen molar-refractivity contribution in [1.29, 1.82) is 0 Å². The van der Waals surface area contributed by atoms with Gasteiger partial charge in [-0.3, -0.25) is 9.09 Å². The first kappa shape index (κ1) is 47.8. The van der Waals surface area contributed by atoms with E-state index in [1.54, 1.807) is 0 Å². The summed E-state index contributed by atoms with van der Waals surface area (Å²) >= 11 is 0. The van der Waals surface area contributed by atoms with Crippen molar-refractivity contribution >= 4 is 7.82 Å². The number of rotatable bonds is 9. The van der Waals surface area contributed by atoms with Crippen molar-refractivity contribution in [3.63, 3.8) is 0 Å². The lowest BCUT2D eigenvalue weighted by molar-refractivity contribution is -0.904. The van der Waals surface area contributed by atoms with Crippen LogP contribution in [0.3, 0.4) is 0 Å². The van der Waals surface area contributed by atoms with E-state index in [1.807, 2.05) is 21.0 Å². The van der Waals surface area contributed by atoms with E-state index in [0.717, 1.165) is 18.1 Å². The molecule has 0 N–H and O–H groups in total. The van der Waals surface area contributed by atoms with Crippen LogP contribution in [0.1, 0.15) is 129 Å². The molecule has 1 unspecified atom stereocenters. The molecule has 0 aliphatic carbocycles. The lowest BCUT2D eigenvalue weighted by atomic mass is 9.75. The highest BCUT2D eigenvalue weighted by Crippen LogP contribution is 2.37. The number of hydrogen-bond acceptors (Lipinski definition) is 4. The molecule has 7 heteroatoms. The fraction of sp³-hybridized carbons (Fsp3) is 1.00. The van der Waals surface area contributed by atoms with Gasteiger partial charge < -0.3 is 18.4 Å². The molecule has 0 rings (SSSR count). The number of phosphoric ester groups is 1. The first-order valence-corrected chi connectivity index (χ1v) is 16.2. The second-order valence-electron chi connectivity index (χ2n) is 14.9. The molecule has 0 saturated carbocycles. The molecule has 0 aromatic carbocycles. The molecule has 0 fully saturated rings. The Morgan fingerprint density at radius 3 is 1.16 bits per heavy atom. The quantitative estimate of drug-likeness (QED) is 0.157. The molecule has 0 aliphatic rings. The van der Waals surface area contributed by atoms with Crippen LogP contribution in [-0.4, -0.2) is 71.1 Å². The lowest BCUT2D eigenvalue weighted by Gasteiger charge is -2.31. The number of unbranched alkanes of at least 4 members (excludes halogenated alkanes) is 1. The third kappa shape index (κ3) is 52.5. The van der Waals surface area contributed by atoms with Crippen molar-refractivity contribution in [2.75, 3.05) is 62.2 Å². The van der Waals surface area contributed by atoms with Crippen LogP contribution in [0, 0.1) is 16.2 Å². The van der Waals surface area contributed by atoms with Crippen LogP contribution in [0.2, 0.25) is 0 Å². The van der Waals surface area contributed by atoms with Crippen molar-refractivity contribution in [3.8, 4) is 0 Å². The molecule has 238 valence electrons. The highest BCUT2D eigenvalue weighted by atomic mass is 31.2. The molecular weight excluding hydrogens is 495 g/mol. The minimum atomic E-state index is -4.05. The predicted molar refractivity (Wildman–Crippen MR) is 170 cm³/mol. The zero-order chi connectivity index (χ0) is 32.1. The van der Waals surface area contributed by atoms with E-state index in [2.05, 4.69) is 120 Å². The van der Waals surface area contributed by atoms with E-state index in [9.17, 15) is 9.46 Å². The maximum Gasteiger partial charge on any atom is 0.272 e. The smallest absolute Gasteiger partial charge is 0.272 e. The average Bonchev–Trinajstić information content (AvgIpc) is 2.77. The Labute approximate surface area is 242 Å². The second-order valence-corrected chi connectivity index (χ2v) is 16.4. The average molecular weight is 572 g/mol. The summed E-state index contributed by atoms with van der Waals surface area (Å²) in [5.41, 5.74) is 1.55. The fourth-order valence-electron chi connectivity index (χ4n) is 1.93. The Bertz CT molecular complexity index is 542. The van der Waals surface area contributed by atoms with E-state index >= 15 is 0 Å². The summed E-state index contributed by atoms with van der Waals surface area (Å²) in [6.45, 7) is 33.4. The standard InChI is InChI=1S/C10H22.C6H16NO4P.C6H14.C5H14N.C4H10/c1-7-10(5,6)8-9(2,3)4;1-5-7(2,3)6-11-12(8,9)10-4;2*1-5-6(2,3)4;1-3-4-2/h7-8H2,1-6H3;5-6H2,1-4H3;2*5H2,1-4H3;3-4H2,1-2H3/q;;;+1;. The van der Waals surface area contributed by atoms with Crippen molar-refractivity contribution < 1.29 is 27.5 Å². The van der Waals surface area contributed by atoms with E-state index in [4.69, 9.17) is 0 Å². The van der Waals surface area contributed by atoms with Gasteiger partial charge in [-0.25, -0.2) is 0 Å². The van der Waals surface area contributed by atoms with Gasteiger partial charge >= 0.3 is 0 Å². The van der Waals surface area contributed by atoms with E-state index in [-0.39, 0.29) is 6.73 Å². The molecule has 0 bridgehead atoms. The minimum Gasteiger partial charge on any atom is -0.756 e. The van der Waals surface area contributed by atoms with Gasteiger partial charge in [-0.05, 0) is 36.5 Å². The highest BCUT2D eigenvalue weighted by Gasteiger charge is 2.23. The molecule has 0 aromatic rings. The monoisotopic (exact) mass is 572 g/mol. The summed E-state index contributed by atoms with van der Waals surface area (Å²) in [6.07, 6.45) is 6.51. The zero-order valence-electron chi connectivity index (χ0n) is 30.1. The van der Waals surface area contributed by atoms with E-state index in [0.29, 0.717) is 20.7 Å². The summed E-state index contributed by atoms with van der Waals surface area (Å²) in [7, 11) is 7.32. The summed E-state index contributed by atoms with van der Waals surface area (Å²) in [5.74, 6) is 0. The molecule has 0 amide bonds. The molecule has 0 saturated heterocycles. The van der Waals surface area contributed by atoms with Crippen molar-refractivity contribution in [2.45, 2.75) is 129 Å². The maximum atomic E-state index is 10.7. The molecule has 6 nitrogen and oxygen atoms in total. The van der Waals surface area contributed by atoms with Crippen molar-refractivity contribution in [2.24, 2.45) is 16.2 Å². The van der Waals surface area contributed by atoms with Gasteiger partial charge in [0.05, 0.1) is 48.3 Å². The Morgan fingerprint density at radius 1 is 0.684 bits per heavy atom. The Morgan fingerprint density at radius 2 is 1.03 bits per heavy atom. The van der Waals surface area contributed by atoms with Crippen molar-refractivity contribution in [1.82, 2.24) is 0 Å². The summed E-state index contributed by atoms with van der Waals surface area (Å²) in [5, 5.41) is 0. The highest BCUT2D eigenvalue weighted by molar-refractivity contribution is 7.45. The molecule has 0 aliphatic heterocycles. The molecule has 38 heavy (non-hydrogen) atoms. The second kappa shape index (κ2) is 22.7. The third-order valence-corrected chi connectivity index (χ3v) is 7.00. The minimum absolute atomic E-state index is 0.102. The Balaban J connectivity index is -0.000000126. The van der Waals surface area contributed by atoms with Crippen LogP contribution >= 0.6 is 7.82 Å². The van der Waals surface area contributed by atoms with Gasteiger partial charge in [-0.15, -0.1) is 0 Å². The molecule has 1 atom stereocenters. The molecular formula is C31H76N2O4P+. The van der Waals surface area contributed by atoms with Gasteiger partial charge in [0.25, 0.3) is 7.82 Å². The predicted octanol–water partition coefficient (Wildman–Crippen LogP) is 8.99. The topological polar surface area (TPSA) is 58.6 Å². The lowest BCUT2D eigenvalue weighted by Crippen LogP contribution is -2.41. The van der Waals surface area contributed by atoms with Gasteiger partial charge in [-0.1, -0.05) is 109 Å². The van der Waals surface area contributed by atoms with Crippen molar-refractivity contribution in [3.05, 3.63) is 0 Å². The van der Waals surface area contributed by atoms with E-state index in [1.165, 1.54) is 38.6 Å². The molecule has 0 radical (unpaired) electrons. The van der Waals surface area contributed by atoms with Gasteiger partial charge in [0.2, 0.25) is 0 Å². The Kier molecular flexibility index (Phi) is 28.5. The first-order valence-electron chi connectivity index (χ1n) is 14.8. The van der Waals surface area contributed by atoms with Gasteiger partial charge in [0.1, 0.15) is 0 Å². The summed E-state index contributed by atoms with van der Waals surface area (Å²) < 4.78 is 21.0. The third-order valence-electron chi connectivity index (χ3n) is 6.12. The van der Waals surface area contributed by atoms with E-state index < -0.39 is 7.82 Å². The molecule has 0 spiro atoms. The number of nitrogens with zero attached hydrogens (tertiary/aromatic N) is 2. The van der Waals surface area contributed by atoms with Gasteiger partial charge in [0.15, 0.2) is 6.73 Å². The summed E-state index contributed by atoms with van der Waals surface area (Å²) in [4.78, 5) is 10.7. The van der Waals surface area contributed by atoms with Gasteiger partial charge in [0, 0.05) is 7.11 Å². The van der Waals surface area contributed by atoms with Crippen LogP contribution in [0.15, 0.2) is 0 Å². The zero-order valence-corrected chi connectivity index (χ0v) is 31.0.